The van der Waals surface area contributed by atoms with Crippen molar-refractivity contribution in [3.63, 3.8) is 0 Å². The van der Waals surface area contributed by atoms with Crippen molar-refractivity contribution in [2.24, 2.45) is 0 Å². The van der Waals surface area contributed by atoms with Gasteiger partial charge in [0, 0.05) is 17.4 Å². The number of carbonyl (C=O) groups excluding carboxylic acids is 1. The average Bonchev–Trinajstić information content (AvgIpc) is 2.65. The molecule has 0 spiro atoms. The molecule has 0 bridgehead atoms. The molecule has 138 valence electrons. The van der Waals surface area contributed by atoms with E-state index in [4.69, 9.17) is 14.2 Å². The second-order valence-corrected chi connectivity index (χ2v) is 6.86. The van der Waals surface area contributed by atoms with Crippen molar-refractivity contribution in [1.29, 1.82) is 0 Å². The van der Waals surface area contributed by atoms with E-state index in [1.807, 2.05) is 49.6 Å². The lowest BCUT2D eigenvalue weighted by Crippen LogP contribution is -2.17. The third-order valence-electron chi connectivity index (χ3n) is 3.94. The van der Waals surface area contributed by atoms with Crippen LogP contribution < -0.4 is 19.5 Å². The van der Waals surface area contributed by atoms with Crippen molar-refractivity contribution < 1.29 is 19.0 Å². The summed E-state index contributed by atoms with van der Waals surface area (Å²) in [5, 5.41) is 2.97. The first-order chi connectivity index (χ1) is 12.7. The minimum Gasteiger partial charge on any atom is -0.494 e. The van der Waals surface area contributed by atoms with Crippen LogP contribution in [-0.4, -0.2) is 32.0 Å². The maximum absolute atomic E-state index is 12.3. The Kier molecular flexibility index (Phi) is 6.28. The summed E-state index contributed by atoms with van der Waals surface area (Å²) in [5.41, 5.74) is 1.91. The summed E-state index contributed by atoms with van der Waals surface area (Å²) < 4.78 is 16.9. The van der Waals surface area contributed by atoms with Crippen LogP contribution in [0.2, 0.25) is 0 Å². The zero-order valence-electron chi connectivity index (χ0n) is 15.0. The third-order valence-corrected chi connectivity index (χ3v) is 4.72. The van der Waals surface area contributed by atoms with E-state index in [9.17, 15) is 4.79 Å². The quantitative estimate of drug-likeness (QED) is 0.580. The number of benzene rings is 2. The largest absolute Gasteiger partial charge is 0.494 e. The van der Waals surface area contributed by atoms with E-state index in [-0.39, 0.29) is 5.91 Å². The van der Waals surface area contributed by atoms with E-state index in [1.165, 1.54) is 0 Å². The lowest BCUT2D eigenvalue weighted by Gasteiger charge is -2.21. The Morgan fingerprint density at radius 1 is 1.19 bits per heavy atom. The fourth-order valence-electron chi connectivity index (χ4n) is 2.68. The second-order valence-electron chi connectivity index (χ2n) is 6.01. The number of hydrogen-bond donors (Lipinski definition) is 1. The molecular weight excluding hydrogens is 350 g/mol. The Labute approximate surface area is 158 Å². The number of fused-ring (bicyclic) bond motifs is 1. The van der Waals surface area contributed by atoms with Crippen molar-refractivity contribution in [1.82, 2.24) is 0 Å². The van der Waals surface area contributed by atoms with E-state index in [0.717, 1.165) is 27.6 Å². The van der Waals surface area contributed by atoms with Crippen LogP contribution in [0.3, 0.4) is 0 Å². The molecule has 0 saturated carbocycles. The third kappa shape index (κ3) is 4.85. The van der Waals surface area contributed by atoms with Gasteiger partial charge in [0.05, 0.1) is 12.3 Å². The molecule has 2 aromatic rings. The second kappa shape index (κ2) is 8.85. The van der Waals surface area contributed by atoms with Gasteiger partial charge in [0.1, 0.15) is 19.0 Å². The molecule has 0 unspecified atom stereocenters. The number of nitrogens with one attached hydrogen (secondary N) is 1. The molecule has 1 amide bonds. The molecule has 1 aliphatic heterocycles. The van der Waals surface area contributed by atoms with E-state index >= 15 is 0 Å². The average molecular weight is 373 g/mol. The fourth-order valence-corrected chi connectivity index (χ4v) is 3.23. The first-order valence-electron chi connectivity index (χ1n) is 8.62. The van der Waals surface area contributed by atoms with Gasteiger partial charge in [-0.15, -0.1) is 11.8 Å². The highest BCUT2D eigenvalue weighted by Crippen LogP contribution is 2.39. The topological polar surface area (TPSA) is 56.8 Å². The highest BCUT2D eigenvalue weighted by atomic mass is 32.2. The summed E-state index contributed by atoms with van der Waals surface area (Å²) in [6.07, 6.45) is 3.02. The molecule has 0 radical (unpaired) electrons. The van der Waals surface area contributed by atoms with Crippen LogP contribution in [0.4, 0.5) is 5.69 Å². The molecule has 1 heterocycles. The van der Waals surface area contributed by atoms with Gasteiger partial charge in [0.2, 0.25) is 5.91 Å². The number of thioether (sulfide) groups is 1. The summed E-state index contributed by atoms with van der Waals surface area (Å²) in [6.45, 7) is 3.60. The minimum absolute atomic E-state index is 0.0372. The zero-order chi connectivity index (χ0) is 18.4. The van der Waals surface area contributed by atoms with Gasteiger partial charge in [-0.2, -0.15) is 0 Å². The molecule has 3 rings (SSSR count). The van der Waals surface area contributed by atoms with Gasteiger partial charge in [-0.25, -0.2) is 0 Å². The Hall–Kier alpha value is -2.34. The molecule has 26 heavy (non-hydrogen) atoms. The van der Waals surface area contributed by atoms with Gasteiger partial charge < -0.3 is 19.5 Å². The van der Waals surface area contributed by atoms with Crippen LogP contribution in [-0.2, 0) is 4.79 Å². The van der Waals surface area contributed by atoms with Gasteiger partial charge in [0.15, 0.2) is 11.5 Å². The number of amides is 1. The first kappa shape index (κ1) is 18.5. The molecule has 0 saturated heterocycles. The predicted octanol–water partition coefficient (Wildman–Crippen LogP) is 4.29. The Morgan fingerprint density at radius 3 is 2.69 bits per heavy atom. The van der Waals surface area contributed by atoms with E-state index in [1.54, 1.807) is 11.8 Å². The molecule has 0 atom stereocenters. The molecular formula is C20H23NO4S. The van der Waals surface area contributed by atoms with Crippen molar-refractivity contribution >= 4 is 23.4 Å². The monoisotopic (exact) mass is 373 g/mol. The van der Waals surface area contributed by atoms with Crippen LogP contribution in [0.15, 0.2) is 41.3 Å². The molecule has 1 aliphatic rings. The molecule has 6 heteroatoms. The Morgan fingerprint density at radius 2 is 1.96 bits per heavy atom. The number of carbonyl (C=O) groups is 1. The lowest BCUT2D eigenvalue weighted by molar-refractivity contribution is -0.116. The fraction of sp³-hybridized carbons (Fsp3) is 0.350. The molecule has 0 aliphatic carbocycles. The zero-order valence-corrected chi connectivity index (χ0v) is 15.9. The summed E-state index contributed by atoms with van der Waals surface area (Å²) >= 11 is 1.56. The van der Waals surface area contributed by atoms with Crippen LogP contribution in [0.1, 0.15) is 18.4 Å². The smallest absolute Gasteiger partial charge is 0.224 e. The normalized spacial score (nSPS) is 12.5. The molecule has 5 nitrogen and oxygen atoms in total. The molecule has 1 N–H and O–H groups in total. The minimum atomic E-state index is -0.0372. The number of ether oxygens (including phenoxy) is 3. The number of rotatable bonds is 7. The van der Waals surface area contributed by atoms with Crippen molar-refractivity contribution in [2.75, 3.05) is 31.4 Å². The molecule has 0 aromatic heterocycles. The predicted molar refractivity (Wildman–Crippen MR) is 104 cm³/mol. The molecule has 0 fully saturated rings. The maximum Gasteiger partial charge on any atom is 0.224 e. The van der Waals surface area contributed by atoms with Crippen molar-refractivity contribution in [3.05, 3.63) is 42.0 Å². The maximum atomic E-state index is 12.3. The van der Waals surface area contributed by atoms with Crippen LogP contribution in [0, 0.1) is 6.92 Å². The van der Waals surface area contributed by atoms with Crippen LogP contribution in [0.25, 0.3) is 0 Å². The van der Waals surface area contributed by atoms with Crippen LogP contribution in [0.5, 0.6) is 17.2 Å². The van der Waals surface area contributed by atoms with E-state index in [0.29, 0.717) is 38.4 Å². The van der Waals surface area contributed by atoms with Gasteiger partial charge in [-0.05, 0) is 43.4 Å². The van der Waals surface area contributed by atoms with Crippen LogP contribution >= 0.6 is 11.8 Å². The summed E-state index contributed by atoms with van der Waals surface area (Å²) in [7, 11) is 0. The van der Waals surface area contributed by atoms with Crippen molar-refractivity contribution in [2.45, 2.75) is 24.7 Å². The summed E-state index contributed by atoms with van der Waals surface area (Å²) in [5.74, 6) is 2.20. The highest BCUT2D eigenvalue weighted by Gasteiger charge is 2.16. The molecule has 2 aromatic carbocycles. The number of aryl methyl sites for hydroxylation is 1. The number of hydrogen-bond acceptors (Lipinski definition) is 5. The van der Waals surface area contributed by atoms with Gasteiger partial charge in [-0.3, -0.25) is 4.79 Å². The van der Waals surface area contributed by atoms with Gasteiger partial charge >= 0.3 is 0 Å². The van der Waals surface area contributed by atoms with E-state index in [2.05, 4.69) is 5.32 Å². The van der Waals surface area contributed by atoms with Gasteiger partial charge in [-0.1, -0.05) is 12.1 Å². The van der Waals surface area contributed by atoms with Gasteiger partial charge in [0.25, 0.3) is 0 Å². The number of anilines is 1. The summed E-state index contributed by atoms with van der Waals surface area (Å²) in [4.78, 5) is 13.2. The van der Waals surface area contributed by atoms with Crippen molar-refractivity contribution in [3.8, 4) is 17.2 Å². The standard InChI is InChI=1S/C20H23NO4S/c1-14-5-3-6-15(11-14)23-8-4-7-20(22)21-16-12-17-18(13-19(16)26-2)25-10-9-24-17/h3,5-6,11-13H,4,7-10H2,1-2H3,(H,21,22). The SMILES string of the molecule is CSc1cc2c(cc1NC(=O)CCCOc1cccc(C)c1)OCCO2. The first-order valence-corrected chi connectivity index (χ1v) is 9.85. The summed E-state index contributed by atoms with van der Waals surface area (Å²) in [6, 6.07) is 11.6. The highest BCUT2D eigenvalue weighted by molar-refractivity contribution is 7.98. The Bertz CT molecular complexity index is 778. The van der Waals surface area contributed by atoms with E-state index < -0.39 is 0 Å². The Balaban J connectivity index is 1.51. The lowest BCUT2D eigenvalue weighted by atomic mass is 10.2.